The van der Waals surface area contributed by atoms with Gasteiger partial charge in [0.25, 0.3) is 0 Å². The zero-order chi connectivity index (χ0) is 14.6. The molecule has 0 bridgehead atoms. The molecule has 0 saturated carbocycles. The van der Waals surface area contributed by atoms with Crippen LogP contribution in [-0.2, 0) is 0 Å². The van der Waals surface area contributed by atoms with Crippen LogP contribution in [0.2, 0.25) is 0 Å². The molecule has 0 N–H and O–H groups in total. The molecule has 0 fully saturated rings. The summed E-state index contributed by atoms with van der Waals surface area (Å²) in [5.74, 6) is 0.220. The zero-order valence-electron chi connectivity index (χ0n) is 12.5. The Morgan fingerprint density at radius 2 is 1.40 bits per heavy atom. The lowest BCUT2D eigenvalue weighted by Crippen LogP contribution is -2.36. The van der Waals surface area contributed by atoms with Gasteiger partial charge in [0.1, 0.15) is 0 Å². The molecule has 20 heavy (non-hydrogen) atoms. The monoisotopic (exact) mass is 268 g/mol. The molecule has 0 aromatic heterocycles. The van der Waals surface area contributed by atoms with Crippen LogP contribution in [0.25, 0.3) is 11.1 Å². The molecular weight excluding hydrogens is 246 g/mol. The van der Waals surface area contributed by atoms with Crippen molar-refractivity contribution in [2.45, 2.75) is 6.42 Å². The van der Waals surface area contributed by atoms with Crippen LogP contribution in [0, 0.1) is 0 Å². The van der Waals surface area contributed by atoms with Gasteiger partial charge in [0.2, 0.25) is 0 Å². The molecule has 2 nitrogen and oxygen atoms in total. The van der Waals surface area contributed by atoms with E-state index >= 15 is 0 Å². The Labute approximate surface area is 121 Å². The van der Waals surface area contributed by atoms with Gasteiger partial charge in [0, 0.05) is 5.56 Å². The van der Waals surface area contributed by atoms with Crippen LogP contribution in [0.5, 0.6) is 0 Å². The molecule has 104 valence electrons. The summed E-state index contributed by atoms with van der Waals surface area (Å²) < 4.78 is 0.813. The van der Waals surface area contributed by atoms with Gasteiger partial charge in [-0.15, -0.1) is 0 Å². The highest BCUT2D eigenvalue weighted by atomic mass is 16.1. The Bertz CT molecular complexity index is 565. The van der Waals surface area contributed by atoms with Crippen molar-refractivity contribution in [2.24, 2.45) is 0 Å². The van der Waals surface area contributed by atoms with Gasteiger partial charge in [-0.1, -0.05) is 54.6 Å². The first-order valence-corrected chi connectivity index (χ1v) is 6.95. The van der Waals surface area contributed by atoms with Crippen LogP contribution in [-0.4, -0.2) is 38.0 Å². The molecule has 0 unspecified atom stereocenters. The minimum Gasteiger partial charge on any atom is -0.331 e. The number of quaternary nitrogens is 1. The number of Topliss-reactive ketones (excluding diaryl/α,β-unsaturated/α-hetero) is 1. The van der Waals surface area contributed by atoms with Crippen molar-refractivity contribution in [1.82, 2.24) is 0 Å². The second kappa shape index (κ2) is 6.02. The van der Waals surface area contributed by atoms with E-state index in [-0.39, 0.29) is 5.78 Å². The highest BCUT2D eigenvalue weighted by molar-refractivity contribution is 5.96. The fourth-order valence-electron chi connectivity index (χ4n) is 2.06. The maximum atomic E-state index is 12.1. The summed E-state index contributed by atoms with van der Waals surface area (Å²) in [6.45, 7) is 0.860. The normalized spacial score (nSPS) is 11.3. The Hall–Kier alpha value is -1.93. The lowest BCUT2D eigenvalue weighted by molar-refractivity contribution is -0.869. The minimum atomic E-state index is 0.220. The average molecular weight is 268 g/mol. The predicted molar refractivity (Wildman–Crippen MR) is 83.7 cm³/mol. The van der Waals surface area contributed by atoms with Gasteiger partial charge >= 0.3 is 0 Å². The van der Waals surface area contributed by atoms with Gasteiger partial charge in [0.15, 0.2) is 5.78 Å². The minimum absolute atomic E-state index is 0.220. The summed E-state index contributed by atoms with van der Waals surface area (Å²) in [6, 6.07) is 18.1. The largest absolute Gasteiger partial charge is 0.331 e. The third-order valence-corrected chi connectivity index (χ3v) is 3.32. The van der Waals surface area contributed by atoms with E-state index in [0.29, 0.717) is 6.42 Å². The number of nitrogens with zero attached hydrogens (tertiary/aromatic N) is 1. The van der Waals surface area contributed by atoms with Crippen LogP contribution >= 0.6 is 0 Å². The maximum absolute atomic E-state index is 12.1. The Kier molecular flexibility index (Phi) is 4.35. The number of hydrogen-bond acceptors (Lipinski definition) is 1. The second-order valence-corrected chi connectivity index (χ2v) is 6.13. The van der Waals surface area contributed by atoms with Crippen molar-refractivity contribution in [3.05, 3.63) is 60.2 Å². The number of benzene rings is 2. The quantitative estimate of drug-likeness (QED) is 0.598. The summed E-state index contributed by atoms with van der Waals surface area (Å²) in [5.41, 5.74) is 3.13. The van der Waals surface area contributed by atoms with Gasteiger partial charge in [-0.25, -0.2) is 0 Å². The molecule has 0 heterocycles. The molecule has 0 atom stereocenters. The Morgan fingerprint density at radius 1 is 0.850 bits per heavy atom. The first kappa shape index (κ1) is 14.5. The van der Waals surface area contributed by atoms with Crippen molar-refractivity contribution < 1.29 is 9.28 Å². The fourth-order valence-corrected chi connectivity index (χ4v) is 2.06. The maximum Gasteiger partial charge on any atom is 0.168 e. The van der Waals surface area contributed by atoms with Gasteiger partial charge in [-0.2, -0.15) is 0 Å². The molecule has 0 spiro atoms. The zero-order valence-corrected chi connectivity index (χ0v) is 12.5. The first-order valence-electron chi connectivity index (χ1n) is 6.95. The standard InChI is InChI=1S/C18H22NO/c1-19(2,3)14-13-18(20)17-11-9-16(10-12-17)15-7-5-4-6-8-15/h4-12H,13-14H2,1-3H3/q+1. The summed E-state index contributed by atoms with van der Waals surface area (Å²) in [5, 5.41) is 0. The van der Waals surface area contributed by atoms with Crippen molar-refractivity contribution in [3.8, 4) is 11.1 Å². The summed E-state index contributed by atoms with van der Waals surface area (Å²) in [6.07, 6.45) is 0.591. The first-order chi connectivity index (χ1) is 9.46. The molecule has 2 heteroatoms. The molecule has 0 saturated heterocycles. The third-order valence-electron chi connectivity index (χ3n) is 3.32. The van der Waals surface area contributed by atoms with Crippen LogP contribution in [0.4, 0.5) is 0 Å². The van der Waals surface area contributed by atoms with Gasteiger partial charge in [-0.05, 0) is 11.1 Å². The summed E-state index contributed by atoms with van der Waals surface area (Å²) >= 11 is 0. The van der Waals surface area contributed by atoms with E-state index < -0.39 is 0 Å². The van der Waals surface area contributed by atoms with E-state index in [1.54, 1.807) is 0 Å². The number of carbonyl (C=O) groups is 1. The molecule has 0 radical (unpaired) electrons. The van der Waals surface area contributed by atoms with Gasteiger partial charge in [0.05, 0.1) is 34.1 Å². The van der Waals surface area contributed by atoms with Crippen molar-refractivity contribution in [1.29, 1.82) is 0 Å². The summed E-state index contributed by atoms with van der Waals surface area (Å²) in [7, 11) is 6.31. The van der Waals surface area contributed by atoms with Gasteiger partial charge in [-0.3, -0.25) is 4.79 Å². The van der Waals surface area contributed by atoms with E-state index in [0.717, 1.165) is 22.2 Å². The smallest absolute Gasteiger partial charge is 0.168 e. The number of rotatable bonds is 5. The molecular formula is C18H22NO+. The van der Waals surface area contributed by atoms with Crippen molar-refractivity contribution in [2.75, 3.05) is 27.7 Å². The topological polar surface area (TPSA) is 17.1 Å². The van der Waals surface area contributed by atoms with Gasteiger partial charge < -0.3 is 4.48 Å². The fraction of sp³-hybridized carbons (Fsp3) is 0.278. The average Bonchev–Trinajstić information content (AvgIpc) is 2.45. The molecule has 2 aromatic rings. The lowest BCUT2D eigenvalue weighted by Gasteiger charge is -2.23. The molecule has 2 rings (SSSR count). The molecule has 0 aliphatic heterocycles. The van der Waals surface area contributed by atoms with Crippen molar-refractivity contribution in [3.63, 3.8) is 0 Å². The Balaban J connectivity index is 2.07. The third kappa shape index (κ3) is 4.04. The number of hydrogen-bond donors (Lipinski definition) is 0. The highest BCUT2D eigenvalue weighted by Crippen LogP contribution is 2.19. The highest BCUT2D eigenvalue weighted by Gasteiger charge is 2.12. The van der Waals surface area contributed by atoms with E-state index in [1.807, 2.05) is 42.5 Å². The van der Waals surface area contributed by atoms with Crippen LogP contribution in [0.1, 0.15) is 16.8 Å². The molecule has 0 amide bonds. The van der Waals surface area contributed by atoms with Crippen LogP contribution in [0.3, 0.4) is 0 Å². The number of ketones is 1. The van der Waals surface area contributed by atoms with E-state index in [9.17, 15) is 4.79 Å². The lowest BCUT2D eigenvalue weighted by atomic mass is 10.0. The number of carbonyl (C=O) groups excluding carboxylic acids is 1. The van der Waals surface area contributed by atoms with Crippen LogP contribution < -0.4 is 0 Å². The van der Waals surface area contributed by atoms with E-state index in [1.165, 1.54) is 5.56 Å². The SMILES string of the molecule is C[N+](C)(C)CCC(=O)c1ccc(-c2ccccc2)cc1. The summed E-state index contributed by atoms with van der Waals surface area (Å²) in [4.78, 5) is 12.1. The Morgan fingerprint density at radius 3 is 1.95 bits per heavy atom. The van der Waals surface area contributed by atoms with Crippen molar-refractivity contribution >= 4 is 5.78 Å². The predicted octanol–water partition coefficient (Wildman–Crippen LogP) is 3.63. The molecule has 0 aliphatic carbocycles. The van der Waals surface area contributed by atoms with E-state index in [2.05, 4.69) is 33.3 Å². The molecule has 2 aromatic carbocycles. The molecule has 0 aliphatic rings. The second-order valence-electron chi connectivity index (χ2n) is 6.13. The van der Waals surface area contributed by atoms with E-state index in [4.69, 9.17) is 0 Å². The van der Waals surface area contributed by atoms with Crippen LogP contribution in [0.15, 0.2) is 54.6 Å².